The Morgan fingerprint density at radius 3 is 2.45 bits per heavy atom. The van der Waals surface area contributed by atoms with Gasteiger partial charge in [-0.3, -0.25) is 0 Å². The van der Waals surface area contributed by atoms with Crippen molar-refractivity contribution in [1.82, 2.24) is 0 Å². The van der Waals surface area contributed by atoms with E-state index in [2.05, 4.69) is 24.5 Å². The van der Waals surface area contributed by atoms with Gasteiger partial charge >= 0.3 is 0 Å². The minimum atomic E-state index is 0.457. The summed E-state index contributed by atoms with van der Waals surface area (Å²) in [5.74, 6) is 0. The van der Waals surface area contributed by atoms with Crippen LogP contribution in [0.15, 0.2) is 36.4 Å². The summed E-state index contributed by atoms with van der Waals surface area (Å²) in [6.07, 6.45) is 0. The van der Waals surface area contributed by atoms with E-state index in [1.54, 1.807) is 6.07 Å². The van der Waals surface area contributed by atoms with Gasteiger partial charge in [-0.25, -0.2) is 0 Å². The van der Waals surface area contributed by atoms with E-state index in [4.69, 9.17) is 35.4 Å². The molecule has 5 heteroatoms. The zero-order valence-electron chi connectivity index (χ0n) is 11.1. The second-order valence-electron chi connectivity index (χ2n) is 4.48. The number of hydrogen-bond donors (Lipinski definition) is 2. The maximum atomic E-state index is 6.10. The largest absolute Gasteiger partial charge is 0.332 e. The molecule has 104 valence electrons. The van der Waals surface area contributed by atoms with Crippen LogP contribution in [0.25, 0.3) is 0 Å². The van der Waals surface area contributed by atoms with Crippen LogP contribution in [0.2, 0.25) is 10.0 Å². The Balaban J connectivity index is 2.09. The standard InChI is InChI=1S/C15H14Cl2N2S/c1-9-6-7-11(8-10(9)2)18-15(20)19-13-5-3-4-12(16)14(13)17/h3-8H,1-2H3,(H2,18,19,20). The monoisotopic (exact) mass is 324 g/mol. The van der Waals surface area contributed by atoms with Crippen LogP contribution in [0, 0.1) is 13.8 Å². The molecule has 0 radical (unpaired) electrons. The first-order valence-electron chi connectivity index (χ1n) is 6.06. The third kappa shape index (κ3) is 3.63. The highest BCUT2D eigenvalue weighted by Crippen LogP contribution is 2.29. The Hall–Kier alpha value is -1.29. The molecule has 0 aliphatic carbocycles. The summed E-state index contributed by atoms with van der Waals surface area (Å²) in [7, 11) is 0. The van der Waals surface area contributed by atoms with Gasteiger partial charge < -0.3 is 10.6 Å². The van der Waals surface area contributed by atoms with Crippen molar-refractivity contribution >= 4 is 51.9 Å². The first kappa shape index (κ1) is 15.1. The quantitative estimate of drug-likeness (QED) is 0.721. The number of anilines is 2. The molecule has 0 bridgehead atoms. The van der Waals surface area contributed by atoms with Crippen LogP contribution in [0.1, 0.15) is 11.1 Å². The zero-order valence-corrected chi connectivity index (χ0v) is 13.5. The summed E-state index contributed by atoms with van der Waals surface area (Å²) in [4.78, 5) is 0. The molecule has 0 aliphatic rings. The van der Waals surface area contributed by atoms with Crippen LogP contribution in [0.4, 0.5) is 11.4 Å². The van der Waals surface area contributed by atoms with E-state index in [1.807, 2.05) is 30.3 Å². The molecule has 0 aliphatic heterocycles. The molecular weight excluding hydrogens is 311 g/mol. The summed E-state index contributed by atoms with van der Waals surface area (Å²) in [5.41, 5.74) is 4.06. The predicted octanol–water partition coefficient (Wildman–Crippen LogP) is 5.42. The second kappa shape index (κ2) is 6.44. The molecule has 2 aromatic carbocycles. The number of aryl methyl sites for hydroxylation is 2. The average Bonchev–Trinajstić information content (AvgIpc) is 2.39. The van der Waals surface area contributed by atoms with Crippen molar-refractivity contribution in [3.8, 4) is 0 Å². The third-order valence-electron chi connectivity index (χ3n) is 2.96. The zero-order chi connectivity index (χ0) is 14.7. The molecule has 0 aromatic heterocycles. The van der Waals surface area contributed by atoms with Gasteiger partial charge in [0.15, 0.2) is 5.11 Å². The Kier molecular flexibility index (Phi) is 4.86. The molecule has 2 nitrogen and oxygen atoms in total. The van der Waals surface area contributed by atoms with Crippen LogP contribution in [0.5, 0.6) is 0 Å². The highest BCUT2D eigenvalue weighted by atomic mass is 35.5. The van der Waals surface area contributed by atoms with Gasteiger partial charge in [0.05, 0.1) is 15.7 Å². The number of hydrogen-bond acceptors (Lipinski definition) is 1. The van der Waals surface area contributed by atoms with E-state index in [0.29, 0.717) is 20.8 Å². The van der Waals surface area contributed by atoms with Gasteiger partial charge in [0.2, 0.25) is 0 Å². The molecule has 0 fully saturated rings. The van der Waals surface area contributed by atoms with Crippen molar-refractivity contribution in [3.05, 3.63) is 57.6 Å². The molecule has 0 heterocycles. The van der Waals surface area contributed by atoms with Crippen molar-refractivity contribution in [2.45, 2.75) is 13.8 Å². The van der Waals surface area contributed by atoms with Crippen molar-refractivity contribution in [3.63, 3.8) is 0 Å². The van der Waals surface area contributed by atoms with Crippen LogP contribution in [-0.4, -0.2) is 5.11 Å². The summed E-state index contributed by atoms with van der Waals surface area (Å²) in [5, 5.41) is 7.58. The molecule has 0 saturated heterocycles. The fourth-order valence-electron chi connectivity index (χ4n) is 1.70. The molecule has 2 rings (SSSR count). The van der Waals surface area contributed by atoms with Crippen molar-refractivity contribution in [2.75, 3.05) is 10.6 Å². The van der Waals surface area contributed by atoms with Crippen LogP contribution in [0.3, 0.4) is 0 Å². The summed E-state index contributed by atoms with van der Waals surface area (Å²) in [6, 6.07) is 11.4. The maximum absolute atomic E-state index is 6.10. The number of rotatable bonds is 2. The summed E-state index contributed by atoms with van der Waals surface area (Å²) >= 11 is 17.3. The highest BCUT2D eigenvalue weighted by Gasteiger charge is 2.06. The van der Waals surface area contributed by atoms with E-state index < -0.39 is 0 Å². The van der Waals surface area contributed by atoms with Gasteiger partial charge in [0, 0.05) is 5.69 Å². The average molecular weight is 325 g/mol. The van der Waals surface area contributed by atoms with E-state index in [0.717, 1.165) is 5.69 Å². The Morgan fingerprint density at radius 1 is 1.00 bits per heavy atom. The topological polar surface area (TPSA) is 24.1 Å². The first-order chi connectivity index (χ1) is 9.47. The van der Waals surface area contributed by atoms with Gasteiger partial charge in [-0.15, -0.1) is 0 Å². The molecule has 0 atom stereocenters. The number of halogens is 2. The van der Waals surface area contributed by atoms with Crippen molar-refractivity contribution in [1.29, 1.82) is 0 Å². The lowest BCUT2D eigenvalue weighted by molar-refractivity contribution is 1.34. The summed E-state index contributed by atoms with van der Waals surface area (Å²) in [6.45, 7) is 4.13. The summed E-state index contributed by atoms with van der Waals surface area (Å²) < 4.78 is 0. The van der Waals surface area contributed by atoms with Crippen LogP contribution < -0.4 is 10.6 Å². The lowest BCUT2D eigenvalue weighted by atomic mass is 10.1. The highest BCUT2D eigenvalue weighted by molar-refractivity contribution is 7.80. The molecule has 0 saturated carbocycles. The predicted molar refractivity (Wildman–Crippen MR) is 92.2 cm³/mol. The van der Waals surface area contributed by atoms with Crippen LogP contribution >= 0.6 is 35.4 Å². The third-order valence-corrected chi connectivity index (χ3v) is 3.99. The molecule has 2 N–H and O–H groups in total. The molecule has 0 amide bonds. The fraction of sp³-hybridized carbons (Fsp3) is 0.133. The normalized spacial score (nSPS) is 10.2. The Bertz CT molecular complexity index is 656. The number of benzene rings is 2. The van der Waals surface area contributed by atoms with Gasteiger partial charge in [-0.1, -0.05) is 35.3 Å². The molecule has 0 spiro atoms. The smallest absolute Gasteiger partial charge is 0.175 e. The lowest BCUT2D eigenvalue weighted by Gasteiger charge is -2.13. The van der Waals surface area contributed by atoms with E-state index in [9.17, 15) is 0 Å². The lowest BCUT2D eigenvalue weighted by Crippen LogP contribution is -2.19. The Labute approximate surface area is 134 Å². The van der Waals surface area contributed by atoms with Gasteiger partial charge in [0.1, 0.15) is 0 Å². The van der Waals surface area contributed by atoms with Crippen molar-refractivity contribution in [2.24, 2.45) is 0 Å². The van der Waals surface area contributed by atoms with Gasteiger partial charge in [-0.05, 0) is 61.5 Å². The minimum Gasteiger partial charge on any atom is -0.332 e. The number of thiocarbonyl (C=S) groups is 1. The van der Waals surface area contributed by atoms with E-state index in [-0.39, 0.29) is 0 Å². The Morgan fingerprint density at radius 2 is 1.75 bits per heavy atom. The van der Waals surface area contributed by atoms with Crippen molar-refractivity contribution < 1.29 is 0 Å². The minimum absolute atomic E-state index is 0.457. The number of nitrogens with one attached hydrogen (secondary N) is 2. The molecular formula is C15H14Cl2N2S. The van der Waals surface area contributed by atoms with E-state index >= 15 is 0 Å². The molecule has 0 unspecified atom stereocenters. The van der Waals surface area contributed by atoms with Gasteiger partial charge in [-0.2, -0.15) is 0 Å². The fourth-order valence-corrected chi connectivity index (χ4v) is 2.28. The first-order valence-corrected chi connectivity index (χ1v) is 7.23. The molecule has 2 aromatic rings. The SMILES string of the molecule is Cc1ccc(NC(=S)Nc2cccc(Cl)c2Cl)cc1C. The second-order valence-corrected chi connectivity index (χ2v) is 5.67. The van der Waals surface area contributed by atoms with Crippen LogP contribution in [-0.2, 0) is 0 Å². The van der Waals surface area contributed by atoms with E-state index in [1.165, 1.54) is 11.1 Å². The maximum Gasteiger partial charge on any atom is 0.175 e. The molecule has 20 heavy (non-hydrogen) atoms. The van der Waals surface area contributed by atoms with Gasteiger partial charge in [0.25, 0.3) is 0 Å².